The highest BCUT2D eigenvalue weighted by Gasteiger charge is 2.22. The number of carboxylic acids is 1. The lowest BCUT2D eigenvalue weighted by molar-refractivity contribution is -0.135. The summed E-state index contributed by atoms with van der Waals surface area (Å²) in [6.45, 7) is -0.484. The summed E-state index contributed by atoms with van der Waals surface area (Å²) in [5.41, 5.74) is -0.00697. The summed E-state index contributed by atoms with van der Waals surface area (Å²) >= 11 is 0. The lowest BCUT2D eigenvalue weighted by atomic mass is 10.1. The minimum absolute atomic E-state index is 0.00443. The maximum atomic E-state index is 13.7. The number of pyridine rings is 1. The molecule has 0 bridgehead atoms. The number of hydrogen-bond acceptors (Lipinski definition) is 4. The van der Waals surface area contributed by atoms with E-state index in [0.29, 0.717) is 12.8 Å². The third kappa shape index (κ3) is 4.43. The Labute approximate surface area is 165 Å². The van der Waals surface area contributed by atoms with Crippen molar-refractivity contribution in [3.8, 4) is 5.75 Å². The van der Waals surface area contributed by atoms with Gasteiger partial charge in [0.1, 0.15) is 23.7 Å². The number of carbonyl (C=O) groups is 2. The summed E-state index contributed by atoms with van der Waals surface area (Å²) < 4.78 is 15.0. The van der Waals surface area contributed by atoms with E-state index in [4.69, 9.17) is 5.11 Å². The van der Waals surface area contributed by atoms with Crippen LogP contribution in [0.4, 0.5) is 4.39 Å². The van der Waals surface area contributed by atoms with Crippen LogP contribution in [0.1, 0.15) is 22.3 Å². The van der Waals surface area contributed by atoms with Crippen LogP contribution in [0.25, 0.3) is 10.9 Å². The molecule has 0 aliphatic rings. The fraction of sp³-hybridized carbons (Fsp3) is 0.190. The number of rotatable bonds is 7. The lowest BCUT2D eigenvalue weighted by Crippen LogP contribution is -2.36. The number of aryl methyl sites for hydroxylation is 2. The molecule has 3 N–H and O–H groups in total. The standard InChI is InChI=1S/C21H19FN2O5/c22-14-8-9-16-15(11-14)19(27)18(20(28)23-12-17(25)26)21(29)24(16)10-4-7-13-5-2-1-3-6-13/h1-3,5-6,8-9,11,27H,4,7,10,12H2,(H,23,28)(H,25,26). The topological polar surface area (TPSA) is 109 Å². The zero-order chi connectivity index (χ0) is 21.0. The SMILES string of the molecule is O=C(O)CNC(=O)c1c(O)c2cc(F)ccc2n(CCCc2ccccc2)c1=O. The predicted molar refractivity (Wildman–Crippen MR) is 105 cm³/mol. The fourth-order valence-electron chi connectivity index (χ4n) is 3.17. The maximum absolute atomic E-state index is 13.7. The monoisotopic (exact) mass is 398 g/mol. The van der Waals surface area contributed by atoms with Crippen LogP contribution in [-0.2, 0) is 17.8 Å². The molecule has 0 atom stereocenters. The number of hydrogen-bond donors (Lipinski definition) is 3. The number of halogens is 1. The van der Waals surface area contributed by atoms with Gasteiger partial charge in [-0.1, -0.05) is 30.3 Å². The number of nitrogens with zero attached hydrogens (tertiary/aromatic N) is 1. The van der Waals surface area contributed by atoms with E-state index in [1.807, 2.05) is 30.3 Å². The molecule has 150 valence electrons. The van der Waals surface area contributed by atoms with Crippen molar-refractivity contribution in [2.75, 3.05) is 6.54 Å². The highest BCUT2D eigenvalue weighted by atomic mass is 19.1. The van der Waals surface area contributed by atoms with Crippen molar-refractivity contribution in [2.45, 2.75) is 19.4 Å². The molecular formula is C21H19FN2O5. The van der Waals surface area contributed by atoms with Crippen LogP contribution in [-0.4, -0.2) is 33.2 Å². The highest BCUT2D eigenvalue weighted by molar-refractivity contribution is 6.03. The Morgan fingerprint density at radius 1 is 1.10 bits per heavy atom. The number of nitrogens with one attached hydrogen (secondary N) is 1. The molecule has 8 heteroatoms. The third-order valence-corrected chi connectivity index (χ3v) is 4.52. The first-order valence-electron chi connectivity index (χ1n) is 8.97. The minimum Gasteiger partial charge on any atom is -0.506 e. The maximum Gasteiger partial charge on any atom is 0.322 e. The van der Waals surface area contributed by atoms with Crippen LogP contribution in [0.2, 0.25) is 0 Å². The third-order valence-electron chi connectivity index (χ3n) is 4.52. The first kappa shape index (κ1) is 20.1. The second-order valence-corrected chi connectivity index (χ2v) is 6.51. The first-order chi connectivity index (χ1) is 13.9. The molecule has 2 aromatic carbocycles. The summed E-state index contributed by atoms with van der Waals surface area (Å²) in [5, 5.41) is 21.2. The minimum atomic E-state index is -1.30. The van der Waals surface area contributed by atoms with Crippen molar-refractivity contribution in [1.82, 2.24) is 9.88 Å². The van der Waals surface area contributed by atoms with E-state index in [1.165, 1.54) is 16.7 Å². The van der Waals surface area contributed by atoms with Crippen molar-refractivity contribution in [2.24, 2.45) is 0 Å². The van der Waals surface area contributed by atoms with Crippen LogP contribution < -0.4 is 10.9 Å². The first-order valence-corrected chi connectivity index (χ1v) is 8.97. The Hall–Kier alpha value is -3.68. The molecule has 7 nitrogen and oxygen atoms in total. The van der Waals surface area contributed by atoms with Crippen LogP contribution in [0, 0.1) is 5.82 Å². The second-order valence-electron chi connectivity index (χ2n) is 6.51. The molecule has 1 heterocycles. The van der Waals surface area contributed by atoms with Gasteiger partial charge in [0, 0.05) is 11.9 Å². The van der Waals surface area contributed by atoms with Crippen molar-refractivity contribution in [3.05, 3.63) is 75.8 Å². The number of aromatic hydroxyl groups is 1. The molecule has 1 aromatic heterocycles. The van der Waals surface area contributed by atoms with Gasteiger partial charge >= 0.3 is 5.97 Å². The molecule has 0 aliphatic carbocycles. The van der Waals surface area contributed by atoms with Gasteiger partial charge in [-0.15, -0.1) is 0 Å². The van der Waals surface area contributed by atoms with Gasteiger partial charge in [0.25, 0.3) is 11.5 Å². The largest absolute Gasteiger partial charge is 0.506 e. The molecule has 0 unspecified atom stereocenters. The Morgan fingerprint density at radius 3 is 2.52 bits per heavy atom. The molecule has 29 heavy (non-hydrogen) atoms. The summed E-state index contributed by atoms with van der Waals surface area (Å²) in [4.78, 5) is 35.9. The molecule has 0 radical (unpaired) electrons. The molecule has 0 saturated heterocycles. The van der Waals surface area contributed by atoms with Crippen LogP contribution in [0.5, 0.6) is 5.75 Å². The number of carboxylic acid groups (broad SMARTS) is 1. The summed E-state index contributed by atoms with van der Waals surface area (Å²) in [6.07, 6.45) is 1.24. The van der Waals surface area contributed by atoms with E-state index in [1.54, 1.807) is 0 Å². The van der Waals surface area contributed by atoms with E-state index in [0.717, 1.165) is 11.6 Å². The Kier molecular flexibility index (Phi) is 5.92. The van der Waals surface area contributed by atoms with Crippen LogP contribution >= 0.6 is 0 Å². The Bertz CT molecular complexity index is 1130. The normalized spacial score (nSPS) is 10.8. The van der Waals surface area contributed by atoms with Gasteiger partial charge < -0.3 is 20.1 Å². The quantitative estimate of drug-likeness (QED) is 0.566. The number of amides is 1. The average molecular weight is 398 g/mol. The zero-order valence-corrected chi connectivity index (χ0v) is 15.4. The molecule has 0 spiro atoms. The molecule has 0 aliphatic heterocycles. The zero-order valence-electron chi connectivity index (χ0n) is 15.4. The van der Waals surface area contributed by atoms with E-state index in [2.05, 4.69) is 5.32 Å². The Balaban J connectivity index is 2.01. The fourth-order valence-corrected chi connectivity index (χ4v) is 3.17. The van der Waals surface area contributed by atoms with Gasteiger partial charge in [-0.25, -0.2) is 4.39 Å². The Morgan fingerprint density at radius 2 is 1.83 bits per heavy atom. The number of aliphatic carboxylic acids is 1. The van der Waals surface area contributed by atoms with E-state index in [-0.39, 0.29) is 17.4 Å². The summed E-state index contributed by atoms with van der Waals surface area (Å²) in [5.74, 6) is -3.64. The molecule has 0 saturated carbocycles. The average Bonchev–Trinajstić information content (AvgIpc) is 2.70. The molecule has 0 fully saturated rings. The number of benzene rings is 2. The second kappa shape index (κ2) is 8.55. The van der Waals surface area contributed by atoms with Gasteiger partial charge in [-0.2, -0.15) is 0 Å². The summed E-state index contributed by atoms with van der Waals surface area (Å²) in [6, 6.07) is 13.2. The van der Waals surface area contributed by atoms with Crippen molar-refractivity contribution in [3.63, 3.8) is 0 Å². The lowest BCUT2D eigenvalue weighted by Gasteiger charge is -2.15. The van der Waals surface area contributed by atoms with Crippen molar-refractivity contribution in [1.29, 1.82) is 0 Å². The molecule has 3 rings (SSSR count). The van der Waals surface area contributed by atoms with Gasteiger partial charge in [0.05, 0.1) is 5.52 Å². The van der Waals surface area contributed by atoms with Crippen LogP contribution in [0.15, 0.2) is 53.3 Å². The molecule has 3 aromatic rings. The van der Waals surface area contributed by atoms with E-state index in [9.17, 15) is 23.9 Å². The number of carbonyl (C=O) groups excluding carboxylic acids is 1. The number of fused-ring (bicyclic) bond motifs is 1. The number of aromatic nitrogens is 1. The highest BCUT2D eigenvalue weighted by Crippen LogP contribution is 2.27. The van der Waals surface area contributed by atoms with Gasteiger partial charge in [0.15, 0.2) is 0 Å². The van der Waals surface area contributed by atoms with Gasteiger partial charge in [-0.05, 0) is 36.6 Å². The van der Waals surface area contributed by atoms with Gasteiger partial charge in [-0.3, -0.25) is 14.4 Å². The molecular weight excluding hydrogens is 379 g/mol. The van der Waals surface area contributed by atoms with E-state index >= 15 is 0 Å². The van der Waals surface area contributed by atoms with Gasteiger partial charge in [0.2, 0.25) is 0 Å². The van der Waals surface area contributed by atoms with E-state index < -0.39 is 41.1 Å². The summed E-state index contributed by atoms with van der Waals surface area (Å²) in [7, 11) is 0. The smallest absolute Gasteiger partial charge is 0.322 e. The predicted octanol–water partition coefficient (Wildman–Crippen LogP) is 2.29. The van der Waals surface area contributed by atoms with Crippen LogP contribution in [0.3, 0.4) is 0 Å². The molecule has 1 amide bonds. The van der Waals surface area contributed by atoms with Crippen molar-refractivity contribution < 1.29 is 24.2 Å². The van der Waals surface area contributed by atoms with Crippen molar-refractivity contribution >= 4 is 22.8 Å².